The van der Waals surface area contributed by atoms with Crippen LogP contribution in [0.4, 0.5) is 10.1 Å². The molecule has 6 heteroatoms. The van der Waals surface area contributed by atoms with Gasteiger partial charge in [0.15, 0.2) is 0 Å². The van der Waals surface area contributed by atoms with Crippen LogP contribution in [-0.4, -0.2) is 16.8 Å². The third kappa shape index (κ3) is 3.49. The summed E-state index contributed by atoms with van der Waals surface area (Å²) in [5, 5.41) is 2.89. The molecule has 0 radical (unpaired) electrons. The minimum absolute atomic E-state index is 0.0694. The molecule has 0 fully saturated rings. The molecule has 1 N–H and O–H groups in total. The number of fused-ring (bicyclic) bond motifs is 1. The first kappa shape index (κ1) is 17.9. The number of anilines is 1. The molecule has 0 unspecified atom stereocenters. The Bertz CT molecular complexity index is 1010. The van der Waals surface area contributed by atoms with E-state index < -0.39 is 6.04 Å². The van der Waals surface area contributed by atoms with E-state index in [1.807, 2.05) is 30.3 Å². The van der Waals surface area contributed by atoms with E-state index in [-0.39, 0.29) is 24.1 Å². The highest BCUT2D eigenvalue weighted by atomic mass is 19.1. The van der Waals surface area contributed by atoms with Crippen molar-refractivity contribution in [3.8, 4) is 0 Å². The van der Waals surface area contributed by atoms with Crippen LogP contribution in [0.3, 0.4) is 0 Å². The molecule has 1 aromatic heterocycles. The molecule has 5 nitrogen and oxygen atoms in total. The number of aromatic nitrogens is 1. The van der Waals surface area contributed by atoms with Gasteiger partial charge in [-0.05, 0) is 42.0 Å². The minimum atomic E-state index is -0.537. The first-order valence-corrected chi connectivity index (χ1v) is 8.98. The average molecular weight is 375 g/mol. The van der Waals surface area contributed by atoms with Crippen molar-refractivity contribution >= 4 is 17.5 Å². The van der Waals surface area contributed by atoms with Gasteiger partial charge in [0.05, 0.1) is 23.7 Å². The molecule has 140 valence electrons. The largest absolute Gasteiger partial charge is 0.352 e. The van der Waals surface area contributed by atoms with E-state index >= 15 is 0 Å². The summed E-state index contributed by atoms with van der Waals surface area (Å²) in [4.78, 5) is 31.3. The number of hydrogen-bond donors (Lipinski definition) is 1. The zero-order valence-corrected chi connectivity index (χ0v) is 15.0. The van der Waals surface area contributed by atoms with E-state index in [1.165, 1.54) is 29.2 Å². The molecular formula is C22H18FN3O2. The predicted octanol–water partition coefficient (Wildman–Crippen LogP) is 3.63. The predicted molar refractivity (Wildman–Crippen MR) is 103 cm³/mol. The second-order valence-electron chi connectivity index (χ2n) is 6.57. The van der Waals surface area contributed by atoms with Crippen molar-refractivity contribution in [2.24, 2.45) is 0 Å². The van der Waals surface area contributed by atoms with Gasteiger partial charge in [-0.3, -0.25) is 19.5 Å². The van der Waals surface area contributed by atoms with E-state index in [0.29, 0.717) is 23.5 Å². The number of hydrogen-bond acceptors (Lipinski definition) is 3. The lowest BCUT2D eigenvalue weighted by Gasteiger charge is -2.24. The Kier molecular flexibility index (Phi) is 4.85. The first-order chi connectivity index (χ1) is 13.6. The summed E-state index contributed by atoms with van der Waals surface area (Å²) in [6.07, 6.45) is 1.68. The molecule has 0 bridgehead atoms. The highest BCUT2D eigenvalue weighted by molar-refractivity contribution is 6.11. The molecule has 0 saturated heterocycles. The Hall–Kier alpha value is -3.54. The maximum atomic E-state index is 13.3. The summed E-state index contributed by atoms with van der Waals surface area (Å²) >= 11 is 0. The van der Waals surface area contributed by atoms with E-state index in [0.717, 1.165) is 5.56 Å². The van der Waals surface area contributed by atoms with Gasteiger partial charge in [-0.15, -0.1) is 0 Å². The topological polar surface area (TPSA) is 62.3 Å². The van der Waals surface area contributed by atoms with Crippen molar-refractivity contribution in [3.63, 3.8) is 0 Å². The molecule has 4 rings (SSSR count). The van der Waals surface area contributed by atoms with Crippen molar-refractivity contribution in [1.29, 1.82) is 0 Å². The monoisotopic (exact) mass is 375 g/mol. The molecule has 1 aliphatic heterocycles. The first-order valence-electron chi connectivity index (χ1n) is 8.98. The minimum Gasteiger partial charge on any atom is -0.352 e. The quantitative estimate of drug-likeness (QED) is 0.741. The number of carbonyl (C=O) groups is 2. The summed E-state index contributed by atoms with van der Waals surface area (Å²) in [5.41, 5.74) is 2.55. The summed E-state index contributed by atoms with van der Waals surface area (Å²) < 4.78 is 13.3. The van der Waals surface area contributed by atoms with E-state index in [2.05, 4.69) is 10.3 Å². The van der Waals surface area contributed by atoms with Crippen LogP contribution < -0.4 is 10.2 Å². The summed E-state index contributed by atoms with van der Waals surface area (Å²) in [7, 11) is 0. The smallest absolute Gasteiger partial charge is 0.260 e. The number of rotatable bonds is 5. The van der Waals surface area contributed by atoms with Gasteiger partial charge in [0.2, 0.25) is 5.91 Å². The fraction of sp³-hybridized carbons (Fsp3) is 0.136. The van der Waals surface area contributed by atoms with Crippen LogP contribution in [-0.2, 0) is 11.3 Å². The van der Waals surface area contributed by atoms with Crippen LogP contribution in [0.5, 0.6) is 0 Å². The van der Waals surface area contributed by atoms with Gasteiger partial charge in [0, 0.05) is 18.4 Å². The Morgan fingerprint density at radius 1 is 1.04 bits per heavy atom. The number of amides is 2. The molecular weight excluding hydrogens is 357 g/mol. The Balaban J connectivity index is 1.57. The summed E-state index contributed by atoms with van der Waals surface area (Å²) in [6, 6.07) is 18.1. The number of nitrogens with one attached hydrogen (secondary N) is 1. The van der Waals surface area contributed by atoms with Crippen molar-refractivity contribution < 1.29 is 14.0 Å². The van der Waals surface area contributed by atoms with Gasteiger partial charge in [0.1, 0.15) is 5.82 Å². The Labute approximate surface area is 161 Å². The van der Waals surface area contributed by atoms with Crippen molar-refractivity contribution in [2.75, 3.05) is 4.90 Å². The molecule has 1 atom stereocenters. The molecule has 3 aromatic rings. The number of carbonyl (C=O) groups excluding carboxylic acids is 2. The third-order valence-electron chi connectivity index (χ3n) is 4.73. The van der Waals surface area contributed by atoms with Crippen LogP contribution in [0, 0.1) is 5.82 Å². The second-order valence-corrected chi connectivity index (χ2v) is 6.57. The van der Waals surface area contributed by atoms with Crippen LogP contribution in [0.15, 0.2) is 72.9 Å². The standard InChI is InChI=1S/C22H18FN3O2/c23-16-8-10-17(11-9-16)26-19(21-18(22(26)28)7-4-12-24-21)13-20(27)25-14-15-5-2-1-3-6-15/h1-12,19H,13-14H2,(H,25,27)/t19-/m1/s1. The van der Waals surface area contributed by atoms with Gasteiger partial charge in [0.25, 0.3) is 5.91 Å². The Morgan fingerprint density at radius 3 is 2.54 bits per heavy atom. The molecule has 2 aromatic carbocycles. The maximum Gasteiger partial charge on any atom is 0.260 e. The van der Waals surface area contributed by atoms with Crippen molar-refractivity contribution in [2.45, 2.75) is 19.0 Å². The SMILES string of the molecule is O=C(C[C@@H]1c2ncccc2C(=O)N1c1ccc(F)cc1)NCc1ccccc1. The molecule has 2 amide bonds. The summed E-state index contributed by atoms with van der Waals surface area (Å²) in [6.45, 7) is 0.409. The highest BCUT2D eigenvalue weighted by Gasteiger charge is 2.39. The number of halogens is 1. The van der Waals surface area contributed by atoms with E-state index in [4.69, 9.17) is 0 Å². The van der Waals surface area contributed by atoms with Crippen molar-refractivity contribution in [3.05, 3.63) is 95.6 Å². The fourth-order valence-corrected chi connectivity index (χ4v) is 3.39. The molecule has 1 aliphatic rings. The lowest BCUT2D eigenvalue weighted by molar-refractivity contribution is -0.121. The molecule has 0 saturated carbocycles. The third-order valence-corrected chi connectivity index (χ3v) is 4.73. The Morgan fingerprint density at radius 2 is 1.79 bits per heavy atom. The van der Waals surface area contributed by atoms with Crippen LogP contribution in [0.1, 0.15) is 34.1 Å². The van der Waals surface area contributed by atoms with Gasteiger partial charge in [-0.1, -0.05) is 30.3 Å². The van der Waals surface area contributed by atoms with Crippen LogP contribution >= 0.6 is 0 Å². The van der Waals surface area contributed by atoms with Gasteiger partial charge < -0.3 is 5.32 Å². The van der Waals surface area contributed by atoms with Gasteiger partial charge in [-0.2, -0.15) is 0 Å². The van der Waals surface area contributed by atoms with Gasteiger partial charge in [-0.25, -0.2) is 4.39 Å². The molecule has 0 aliphatic carbocycles. The van der Waals surface area contributed by atoms with Crippen molar-refractivity contribution in [1.82, 2.24) is 10.3 Å². The summed E-state index contributed by atoms with van der Waals surface area (Å²) in [5.74, 6) is -0.814. The molecule has 0 spiro atoms. The van der Waals surface area contributed by atoms with E-state index in [1.54, 1.807) is 18.3 Å². The number of pyridine rings is 1. The molecule has 28 heavy (non-hydrogen) atoms. The lowest BCUT2D eigenvalue weighted by atomic mass is 10.1. The van der Waals surface area contributed by atoms with E-state index in [9.17, 15) is 14.0 Å². The normalized spacial score (nSPS) is 15.4. The second kappa shape index (κ2) is 7.60. The average Bonchev–Trinajstić information content (AvgIpc) is 3.00. The van der Waals surface area contributed by atoms with Crippen LogP contribution in [0.2, 0.25) is 0 Å². The maximum absolute atomic E-state index is 13.3. The van der Waals surface area contributed by atoms with Crippen LogP contribution in [0.25, 0.3) is 0 Å². The molecule has 2 heterocycles. The lowest BCUT2D eigenvalue weighted by Crippen LogP contribution is -2.33. The van der Waals surface area contributed by atoms with Gasteiger partial charge >= 0.3 is 0 Å². The highest BCUT2D eigenvalue weighted by Crippen LogP contribution is 2.38. The fourth-order valence-electron chi connectivity index (χ4n) is 3.39. The zero-order valence-electron chi connectivity index (χ0n) is 15.0. The number of benzene rings is 2. The zero-order chi connectivity index (χ0) is 19.5. The number of nitrogens with zero attached hydrogens (tertiary/aromatic N) is 2.